The Morgan fingerprint density at radius 1 is 1.12 bits per heavy atom. The number of nitrogens with one attached hydrogen (secondary N) is 1. The van der Waals surface area contributed by atoms with Crippen molar-refractivity contribution >= 4 is 17.5 Å². The summed E-state index contributed by atoms with van der Waals surface area (Å²) >= 11 is 0. The second-order valence-electron chi connectivity index (χ2n) is 4.90. The molecule has 0 fully saturated rings. The van der Waals surface area contributed by atoms with E-state index in [0.717, 1.165) is 6.39 Å². The highest BCUT2D eigenvalue weighted by molar-refractivity contribution is 6.09. The molecule has 0 aliphatic rings. The fraction of sp³-hybridized carbons (Fsp3) is 0. The topological polar surface area (TPSA) is 98.2 Å². The minimum absolute atomic E-state index is 0.0279. The second kappa shape index (κ2) is 6.33. The SMILES string of the molecule is NC(=O)c1ccccc1NC(=O)c1ncoc1-c1cccc(F)c1. The molecule has 3 N–H and O–H groups in total. The molecule has 6 nitrogen and oxygen atoms in total. The Labute approximate surface area is 136 Å². The van der Waals surface area contributed by atoms with E-state index in [1.807, 2.05) is 0 Å². The highest BCUT2D eigenvalue weighted by Gasteiger charge is 2.20. The lowest BCUT2D eigenvalue weighted by Crippen LogP contribution is -2.18. The molecule has 3 aromatic rings. The van der Waals surface area contributed by atoms with Gasteiger partial charge in [-0.2, -0.15) is 0 Å². The van der Waals surface area contributed by atoms with Crippen molar-refractivity contribution in [3.05, 3.63) is 72.0 Å². The number of aromatic nitrogens is 1. The molecule has 0 aliphatic carbocycles. The predicted octanol–water partition coefficient (Wildman–Crippen LogP) is 2.83. The molecule has 3 rings (SSSR count). The highest BCUT2D eigenvalue weighted by Crippen LogP contribution is 2.25. The molecule has 1 aromatic heterocycles. The molecule has 0 atom stereocenters. The van der Waals surface area contributed by atoms with Gasteiger partial charge in [0.2, 0.25) is 0 Å². The Hall–Kier alpha value is -3.48. The van der Waals surface area contributed by atoms with E-state index >= 15 is 0 Å². The first-order valence-electron chi connectivity index (χ1n) is 6.96. The number of rotatable bonds is 4. The van der Waals surface area contributed by atoms with Crippen LogP contribution in [0.4, 0.5) is 10.1 Å². The molecule has 7 heteroatoms. The van der Waals surface area contributed by atoms with Crippen LogP contribution in [0.2, 0.25) is 0 Å². The summed E-state index contributed by atoms with van der Waals surface area (Å²) in [6.45, 7) is 0. The van der Waals surface area contributed by atoms with Crippen molar-refractivity contribution in [1.82, 2.24) is 4.98 Å². The van der Waals surface area contributed by atoms with Crippen LogP contribution >= 0.6 is 0 Å². The molecule has 0 spiro atoms. The number of carbonyl (C=O) groups is 2. The van der Waals surface area contributed by atoms with Gasteiger partial charge in [0.1, 0.15) is 5.82 Å². The van der Waals surface area contributed by atoms with E-state index in [9.17, 15) is 14.0 Å². The van der Waals surface area contributed by atoms with Crippen molar-refractivity contribution in [2.24, 2.45) is 5.73 Å². The average molecular weight is 325 g/mol. The van der Waals surface area contributed by atoms with E-state index < -0.39 is 17.6 Å². The maximum Gasteiger partial charge on any atom is 0.278 e. The fourth-order valence-electron chi connectivity index (χ4n) is 2.23. The van der Waals surface area contributed by atoms with Gasteiger partial charge in [0.05, 0.1) is 11.3 Å². The molecule has 2 amide bonds. The Morgan fingerprint density at radius 2 is 1.92 bits per heavy atom. The van der Waals surface area contributed by atoms with Crippen molar-refractivity contribution < 1.29 is 18.4 Å². The van der Waals surface area contributed by atoms with E-state index in [-0.39, 0.29) is 22.7 Å². The molecular weight excluding hydrogens is 313 g/mol. The number of amides is 2. The van der Waals surface area contributed by atoms with Gasteiger partial charge in [-0.15, -0.1) is 0 Å². The van der Waals surface area contributed by atoms with Crippen LogP contribution in [-0.4, -0.2) is 16.8 Å². The summed E-state index contributed by atoms with van der Waals surface area (Å²) in [4.78, 5) is 27.7. The van der Waals surface area contributed by atoms with E-state index in [1.54, 1.807) is 24.3 Å². The van der Waals surface area contributed by atoms with Crippen molar-refractivity contribution in [2.75, 3.05) is 5.32 Å². The van der Waals surface area contributed by atoms with Crippen LogP contribution < -0.4 is 11.1 Å². The maximum atomic E-state index is 13.4. The number of halogens is 1. The fourth-order valence-corrected chi connectivity index (χ4v) is 2.23. The van der Waals surface area contributed by atoms with Gasteiger partial charge in [-0.25, -0.2) is 9.37 Å². The van der Waals surface area contributed by atoms with Crippen LogP contribution in [-0.2, 0) is 0 Å². The lowest BCUT2D eigenvalue weighted by Gasteiger charge is -2.08. The van der Waals surface area contributed by atoms with Gasteiger partial charge in [0.15, 0.2) is 17.8 Å². The smallest absolute Gasteiger partial charge is 0.278 e. The average Bonchev–Trinajstić information content (AvgIpc) is 3.05. The number of hydrogen-bond donors (Lipinski definition) is 2. The van der Waals surface area contributed by atoms with Crippen molar-refractivity contribution in [2.45, 2.75) is 0 Å². The van der Waals surface area contributed by atoms with Gasteiger partial charge >= 0.3 is 0 Å². The molecule has 24 heavy (non-hydrogen) atoms. The van der Waals surface area contributed by atoms with Gasteiger partial charge in [-0.3, -0.25) is 9.59 Å². The monoisotopic (exact) mass is 325 g/mol. The number of anilines is 1. The van der Waals surface area contributed by atoms with Crippen molar-refractivity contribution in [3.8, 4) is 11.3 Å². The van der Waals surface area contributed by atoms with Crippen molar-refractivity contribution in [1.29, 1.82) is 0 Å². The van der Waals surface area contributed by atoms with E-state index in [1.165, 1.54) is 24.3 Å². The quantitative estimate of drug-likeness (QED) is 0.770. The van der Waals surface area contributed by atoms with Crippen LogP contribution in [0.1, 0.15) is 20.8 Å². The van der Waals surface area contributed by atoms with Crippen LogP contribution in [0.25, 0.3) is 11.3 Å². The number of benzene rings is 2. The van der Waals surface area contributed by atoms with Crippen LogP contribution in [0.15, 0.2) is 59.3 Å². The molecule has 0 radical (unpaired) electrons. The Kier molecular flexibility index (Phi) is 4.07. The summed E-state index contributed by atoms with van der Waals surface area (Å²) in [5.41, 5.74) is 6.05. The number of hydrogen-bond acceptors (Lipinski definition) is 4. The molecule has 0 saturated heterocycles. The second-order valence-corrected chi connectivity index (χ2v) is 4.90. The summed E-state index contributed by atoms with van der Waals surface area (Å²) < 4.78 is 18.6. The normalized spacial score (nSPS) is 10.4. The molecule has 0 saturated carbocycles. The van der Waals surface area contributed by atoms with Gasteiger partial charge in [-0.1, -0.05) is 24.3 Å². The van der Waals surface area contributed by atoms with Crippen LogP contribution in [0, 0.1) is 5.82 Å². The minimum Gasteiger partial charge on any atom is -0.443 e. The lowest BCUT2D eigenvalue weighted by molar-refractivity contribution is 0.100. The van der Waals surface area contributed by atoms with E-state index in [2.05, 4.69) is 10.3 Å². The molecule has 0 aliphatic heterocycles. The summed E-state index contributed by atoms with van der Waals surface area (Å²) in [5, 5.41) is 2.56. The van der Waals surface area contributed by atoms with Gasteiger partial charge in [-0.05, 0) is 24.3 Å². The summed E-state index contributed by atoms with van der Waals surface area (Å²) in [6, 6.07) is 11.9. The molecule has 0 bridgehead atoms. The Bertz CT molecular complexity index is 921. The largest absolute Gasteiger partial charge is 0.443 e. The number of carbonyl (C=O) groups excluding carboxylic acids is 2. The van der Waals surface area contributed by atoms with E-state index in [0.29, 0.717) is 5.56 Å². The zero-order chi connectivity index (χ0) is 17.1. The Morgan fingerprint density at radius 3 is 2.67 bits per heavy atom. The van der Waals surface area contributed by atoms with E-state index in [4.69, 9.17) is 10.2 Å². The number of primary amides is 1. The number of nitrogens with zero attached hydrogens (tertiary/aromatic N) is 1. The first-order chi connectivity index (χ1) is 11.6. The zero-order valence-electron chi connectivity index (χ0n) is 12.3. The summed E-state index contributed by atoms with van der Waals surface area (Å²) in [6.07, 6.45) is 1.09. The van der Waals surface area contributed by atoms with Crippen LogP contribution in [0.5, 0.6) is 0 Å². The standard InChI is InChI=1S/C17H12FN3O3/c18-11-5-3-4-10(8-11)15-14(20-9-24-15)17(23)21-13-7-2-1-6-12(13)16(19)22/h1-9H,(H2,19,22)(H,21,23). The summed E-state index contributed by atoms with van der Waals surface area (Å²) in [5.74, 6) is -1.61. The van der Waals surface area contributed by atoms with Crippen molar-refractivity contribution in [3.63, 3.8) is 0 Å². The third-order valence-corrected chi connectivity index (χ3v) is 3.31. The Balaban J connectivity index is 1.93. The zero-order valence-corrected chi connectivity index (χ0v) is 12.3. The first-order valence-corrected chi connectivity index (χ1v) is 6.96. The number of para-hydroxylation sites is 1. The third-order valence-electron chi connectivity index (χ3n) is 3.31. The minimum atomic E-state index is -0.670. The molecule has 0 unspecified atom stereocenters. The molecular formula is C17H12FN3O3. The maximum absolute atomic E-state index is 13.4. The lowest BCUT2D eigenvalue weighted by atomic mass is 10.1. The van der Waals surface area contributed by atoms with Gasteiger partial charge in [0.25, 0.3) is 11.8 Å². The first kappa shape index (κ1) is 15.4. The molecule has 120 valence electrons. The third kappa shape index (κ3) is 3.00. The predicted molar refractivity (Wildman–Crippen MR) is 84.8 cm³/mol. The number of oxazole rings is 1. The summed E-state index contributed by atoms with van der Waals surface area (Å²) in [7, 11) is 0. The van der Waals surface area contributed by atoms with Crippen LogP contribution in [0.3, 0.4) is 0 Å². The van der Waals surface area contributed by atoms with Gasteiger partial charge < -0.3 is 15.5 Å². The highest BCUT2D eigenvalue weighted by atomic mass is 19.1. The number of nitrogens with two attached hydrogens (primary N) is 1. The molecule has 2 aromatic carbocycles. The van der Waals surface area contributed by atoms with Gasteiger partial charge in [0, 0.05) is 5.56 Å². The molecule has 1 heterocycles.